The summed E-state index contributed by atoms with van der Waals surface area (Å²) in [6.07, 6.45) is 14.5. The van der Waals surface area contributed by atoms with E-state index in [1.165, 1.54) is 73.8 Å². The summed E-state index contributed by atoms with van der Waals surface area (Å²) in [5, 5.41) is 8.90. The van der Waals surface area contributed by atoms with E-state index in [0.717, 1.165) is 34.6 Å². The molecule has 0 aliphatic heterocycles. The summed E-state index contributed by atoms with van der Waals surface area (Å²) in [6.45, 7) is 17.6. The summed E-state index contributed by atoms with van der Waals surface area (Å²) >= 11 is 1.85. The number of aliphatic carboxylic acids is 1. The molecule has 0 radical (unpaired) electrons. The largest absolute Gasteiger partial charge is 0.481 e. The summed E-state index contributed by atoms with van der Waals surface area (Å²) < 4.78 is 5.51. The Balaban J connectivity index is 2.33. The lowest BCUT2D eigenvalue weighted by molar-refractivity contribution is -0.139. The Morgan fingerprint density at radius 3 is 2.09 bits per heavy atom. The number of hydrogen-bond acceptors (Lipinski definition) is 3. The van der Waals surface area contributed by atoms with E-state index < -0.39 is 5.97 Å². The third kappa shape index (κ3) is 13.5. The average molecular weight is 505 g/mol. The van der Waals surface area contributed by atoms with Crippen LogP contribution in [0.4, 0.5) is 0 Å². The van der Waals surface area contributed by atoms with Gasteiger partial charge >= 0.3 is 5.97 Å². The van der Waals surface area contributed by atoms with Gasteiger partial charge in [0.15, 0.2) is 6.61 Å². The fourth-order valence-electron chi connectivity index (χ4n) is 4.61. The third-order valence-electron chi connectivity index (χ3n) is 7.13. The standard InChI is InChI=1S/C31H52O3S/c1-22(2)12-9-13-23(3)14-10-15-24(4)16-11-17-25(5)18-19-35-29-20-26(6)31(28(8)27(29)7)34-21-30(32)33/h18,20,22-24H,9-17,19,21H2,1-8H3,(H,32,33). The molecule has 200 valence electrons. The van der Waals surface area contributed by atoms with Gasteiger partial charge in [-0.3, -0.25) is 0 Å². The molecule has 0 aromatic heterocycles. The predicted molar refractivity (Wildman–Crippen MR) is 153 cm³/mol. The van der Waals surface area contributed by atoms with Gasteiger partial charge in [-0.05, 0) is 81.0 Å². The molecule has 0 bridgehead atoms. The minimum atomic E-state index is -0.947. The number of hydrogen-bond donors (Lipinski definition) is 1. The number of aryl methyl sites for hydroxylation is 1. The topological polar surface area (TPSA) is 46.5 Å². The second-order valence-corrected chi connectivity index (χ2v) is 12.2. The third-order valence-corrected chi connectivity index (χ3v) is 8.20. The van der Waals surface area contributed by atoms with Crippen LogP contribution in [0.3, 0.4) is 0 Å². The Bertz CT molecular complexity index is 797. The Hall–Kier alpha value is -1.42. The molecule has 0 heterocycles. The van der Waals surface area contributed by atoms with Crippen LogP contribution in [0.1, 0.15) is 109 Å². The number of carboxylic acid groups (broad SMARTS) is 1. The lowest BCUT2D eigenvalue weighted by Gasteiger charge is -2.16. The van der Waals surface area contributed by atoms with Crippen molar-refractivity contribution in [3.05, 3.63) is 34.4 Å². The minimum Gasteiger partial charge on any atom is -0.481 e. The second-order valence-electron chi connectivity index (χ2n) is 11.2. The molecule has 3 nitrogen and oxygen atoms in total. The maximum absolute atomic E-state index is 10.8. The Labute approximate surface area is 220 Å². The van der Waals surface area contributed by atoms with Crippen molar-refractivity contribution >= 4 is 17.7 Å². The number of ether oxygens (including phenoxy) is 1. The number of allylic oxidation sites excluding steroid dienone is 1. The SMILES string of the molecule is CC(=CCSc1cc(C)c(OCC(=O)O)c(C)c1C)CCCC(C)CCCC(C)CCCC(C)C. The highest BCUT2D eigenvalue weighted by Gasteiger charge is 2.13. The number of rotatable bonds is 18. The molecule has 0 amide bonds. The van der Waals surface area contributed by atoms with Crippen LogP contribution in [0.15, 0.2) is 22.6 Å². The Kier molecular flexibility index (Phi) is 15.5. The van der Waals surface area contributed by atoms with Gasteiger partial charge in [-0.15, -0.1) is 11.8 Å². The molecule has 4 heteroatoms. The van der Waals surface area contributed by atoms with Crippen molar-refractivity contribution in [3.63, 3.8) is 0 Å². The van der Waals surface area contributed by atoms with E-state index in [1.54, 1.807) is 0 Å². The molecule has 1 N–H and O–H groups in total. The molecular formula is C31H52O3S. The summed E-state index contributed by atoms with van der Waals surface area (Å²) in [6, 6.07) is 2.13. The number of thioether (sulfide) groups is 1. The van der Waals surface area contributed by atoms with E-state index in [4.69, 9.17) is 9.84 Å². The van der Waals surface area contributed by atoms with E-state index in [-0.39, 0.29) is 6.61 Å². The zero-order chi connectivity index (χ0) is 26.4. The Morgan fingerprint density at radius 1 is 0.943 bits per heavy atom. The zero-order valence-electron chi connectivity index (χ0n) is 23.8. The van der Waals surface area contributed by atoms with Gasteiger partial charge in [0.25, 0.3) is 0 Å². The highest BCUT2D eigenvalue weighted by Crippen LogP contribution is 2.34. The maximum atomic E-state index is 10.8. The molecule has 0 fully saturated rings. The Morgan fingerprint density at radius 2 is 1.51 bits per heavy atom. The lowest BCUT2D eigenvalue weighted by atomic mass is 9.91. The van der Waals surface area contributed by atoms with Crippen molar-refractivity contribution in [3.8, 4) is 5.75 Å². The van der Waals surface area contributed by atoms with Crippen molar-refractivity contribution in [2.75, 3.05) is 12.4 Å². The molecule has 2 unspecified atom stereocenters. The van der Waals surface area contributed by atoms with Gasteiger partial charge < -0.3 is 9.84 Å². The second kappa shape index (κ2) is 17.1. The first-order valence-electron chi connectivity index (χ1n) is 13.7. The van der Waals surface area contributed by atoms with Gasteiger partial charge in [-0.2, -0.15) is 0 Å². The highest BCUT2D eigenvalue weighted by atomic mass is 32.2. The van der Waals surface area contributed by atoms with Crippen molar-refractivity contribution < 1.29 is 14.6 Å². The van der Waals surface area contributed by atoms with Gasteiger partial charge in [-0.1, -0.05) is 84.3 Å². The molecule has 1 aromatic rings. The number of carboxylic acids is 1. The van der Waals surface area contributed by atoms with Gasteiger partial charge in [0, 0.05) is 10.6 Å². The number of carbonyl (C=O) groups is 1. The van der Waals surface area contributed by atoms with Crippen LogP contribution < -0.4 is 4.74 Å². The summed E-state index contributed by atoms with van der Waals surface area (Å²) in [4.78, 5) is 12.1. The average Bonchev–Trinajstić information content (AvgIpc) is 2.76. The van der Waals surface area contributed by atoms with E-state index in [2.05, 4.69) is 53.7 Å². The van der Waals surface area contributed by atoms with Crippen LogP contribution in [-0.2, 0) is 4.79 Å². The number of benzene rings is 1. The zero-order valence-corrected chi connectivity index (χ0v) is 24.7. The van der Waals surface area contributed by atoms with E-state index in [1.807, 2.05) is 25.6 Å². The lowest BCUT2D eigenvalue weighted by Crippen LogP contribution is -2.11. The highest BCUT2D eigenvalue weighted by molar-refractivity contribution is 7.99. The minimum absolute atomic E-state index is 0.300. The monoisotopic (exact) mass is 504 g/mol. The van der Waals surface area contributed by atoms with Crippen LogP contribution in [0.2, 0.25) is 0 Å². The molecule has 0 saturated carbocycles. The molecule has 0 aliphatic rings. The first kappa shape index (κ1) is 31.6. The van der Waals surface area contributed by atoms with Crippen LogP contribution in [-0.4, -0.2) is 23.4 Å². The van der Waals surface area contributed by atoms with E-state index in [9.17, 15) is 4.79 Å². The van der Waals surface area contributed by atoms with Crippen LogP contribution in [0.5, 0.6) is 5.75 Å². The van der Waals surface area contributed by atoms with Crippen molar-refractivity contribution in [1.82, 2.24) is 0 Å². The van der Waals surface area contributed by atoms with Crippen molar-refractivity contribution in [2.24, 2.45) is 17.8 Å². The van der Waals surface area contributed by atoms with Gasteiger partial charge in [-0.25, -0.2) is 4.79 Å². The fourth-order valence-corrected chi connectivity index (χ4v) is 5.79. The van der Waals surface area contributed by atoms with Crippen molar-refractivity contribution in [1.29, 1.82) is 0 Å². The van der Waals surface area contributed by atoms with Gasteiger partial charge in [0.2, 0.25) is 0 Å². The summed E-state index contributed by atoms with van der Waals surface area (Å²) in [5.74, 6) is 3.27. The van der Waals surface area contributed by atoms with Gasteiger partial charge in [0.1, 0.15) is 5.75 Å². The predicted octanol–water partition coefficient (Wildman–Crippen LogP) is 9.55. The molecule has 0 aliphatic carbocycles. The van der Waals surface area contributed by atoms with Crippen LogP contribution >= 0.6 is 11.8 Å². The molecule has 1 aromatic carbocycles. The van der Waals surface area contributed by atoms with Crippen LogP contribution in [0.25, 0.3) is 0 Å². The fraction of sp³-hybridized carbons (Fsp3) is 0.710. The first-order valence-corrected chi connectivity index (χ1v) is 14.7. The maximum Gasteiger partial charge on any atom is 0.341 e. The molecule has 0 spiro atoms. The van der Waals surface area contributed by atoms with Gasteiger partial charge in [0.05, 0.1) is 0 Å². The summed E-state index contributed by atoms with van der Waals surface area (Å²) in [5.41, 5.74) is 4.69. The summed E-state index contributed by atoms with van der Waals surface area (Å²) in [7, 11) is 0. The van der Waals surface area contributed by atoms with E-state index >= 15 is 0 Å². The quantitative estimate of drug-likeness (QED) is 0.160. The first-order chi connectivity index (χ1) is 16.5. The molecule has 35 heavy (non-hydrogen) atoms. The normalized spacial score (nSPS) is 13.8. The molecule has 1 rings (SSSR count). The molecule has 0 saturated heterocycles. The smallest absolute Gasteiger partial charge is 0.341 e. The van der Waals surface area contributed by atoms with E-state index in [0.29, 0.717) is 5.75 Å². The van der Waals surface area contributed by atoms with Crippen LogP contribution in [0, 0.1) is 38.5 Å². The van der Waals surface area contributed by atoms with Crippen molar-refractivity contribution in [2.45, 2.75) is 118 Å². The molecule has 2 atom stereocenters. The molecular weight excluding hydrogens is 452 g/mol.